The van der Waals surface area contributed by atoms with Crippen LogP contribution in [0.2, 0.25) is 0 Å². The quantitative estimate of drug-likeness (QED) is 0.901. The zero-order chi connectivity index (χ0) is 13.0. The van der Waals surface area contributed by atoms with Crippen molar-refractivity contribution in [3.63, 3.8) is 0 Å². The first-order chi connectivity index (χ1) is 8.54. The van der Waals surface area contributed by atoms with Gasteiger partial charge in [0.1, 0.15) is 13.2 Å². The van der Waals surface area contributed by atoms with Gasteiger partial charge in [0.05, 0.1) is 6.04 Å². The zero-order valence-corrected chi connectivity index (χ0v) is 9.66. The number of rotatable bonds is 4. The molecule has 2 rings (SSSR count). The van der Waals surface area contributed by atoms with Gasteiger partial charge in [-0.3, -0.25) is 0 Å². The van der Waals surface area contributed by atoms with E-state index in [0.717, 1.165) is 25.8 Å². The van der Waals surface area contributed by atoms with Crippen LogP contribution in [0.1, 0.15) is 37.0 Å². The van der Waals surface area contributed by atoms with Gasteiger partial charge in [-0.2, -0.15) is 18.2 Å². The number of nitrogens with zero attached hydrogens (tertiary/aromatic N) is 2. The number of alkyl halides is 3. The highest BCUT2D eigenvalue weighted by Gasteiger charge is 2.28. The fraction of sp³-hybridized carbons (Fsp3) is 0.800. The van der Waals surface area contributed by atoms with Gasteiger partial charge in [-0.25, -0.2) is 0 Å². The Morgan fingerprint density at radius 1 is 1.39 bits per heavy atom. The minimum Gasteiger partial charge on any atom is -0.364 e. The Morgan fingerprint density at radius 3 is 2.89 bits per heavy atom. The molecule has 0 unspecified atom stereocenters. The van der Waals surface area contributed by atoms with Crippen molar-refractivity contribution in [3.05, 3.63) is 11.7 Å². The summed E-state index contributed by atoms with van der Waals surface area (Å²) >= 11 is 0. The molecule has 1 fully saturated rings. The zero-order valence-electron chi connectivity index (χ0n) is 9.66. The molecule has 0 spiro atoms. The third-order valence-corrected chi connectivity index (χ3v) is 2.59. The SMILES string of the molecule is FC(F)(F)COCc1noc([C@H]2CCCCN2)n1. The monoisotopic (exact) mass is 265 g/mol. The molecule has 1 N–H and O–H groups in total. The summed E-state index contributed by atoms with van der Waals surface area (Å²) in [5, 5.41) is 6.80. The molecule has 1 aromatic heterocycles. The number of hydrogen-bond acceptors (Lipinski definition) is 5. The van der Waals surface area contributed by atoms with Gasteiger partial charge in [0.25, 0.3) is 0 Å². The van der Waals surface area contributed by atoms with Gasteiger partial charge in [-0.05, 0) is 19.4 Å². The summed E-state index contributed by atoms with van der Waals surface area (Å²) in [6.45, 7) is -0.721. The first kappa shape index (κ1) is 13.3. The van der Waals surface area contributed by atoms with Crippen LogP contribution in [0.5, 0.6) is 0 Å². The van der Waals surface area contributed by atoms with Gasteiger partial charge in [0.2, 0.25) is 5.89 Å². The molecular formula is C10H14F3N3O2. The molecule has 5 nitrogen and oxygen atoms in total. The van der Waals surface area contributed by atoms with Crippen LogP contribution in [0.4, 0.5) is 13.2 Å². The van der Waals surface area contributed by atoms with Crippen molar-refractivity contribution in [2.75, 3.05) is 13.2 Å². The predicted molar refractivity (Wildman–Crippen MR) is 54.6 cm³/mol. The molecule has 0 bridgehead atoms. The van der Waals surface area contributed by atoms with E-state index in [4.69, 9.17) is 4.52 Å². The second-order valence-electron chi connectivity index (χ2n) is 4.16. The second kappa shape index (κ2) is 5.66. The molecule has 2 heterocycles. The van der Waals surface area contributed by atoms with Crippen molar-refractivity contribution in [3.8, 4) is 0 Å². The Bertz CT molecular complexity index is 375. The van der Waals surface area contributed by atoms with Gasteiger partial charge in [-0.15, -0.1) is 0 Å². The number of ether oxygens (including phenoxy) is 1. The van der Waals surface area contributed by atoms with Crippen LogP contribution < -0.4 is 5.32 Å². The van der Waals surface area contributed by atoms with E-state index in [9.17, 15) is 13.2 Å². The van der Waals surface area contributed by atoms with Crippen LogP contribution in [0.15, 0.2) is 4.52 Å². The summed E-state index contributed by atoms with van der Waals surface area (Å²) in [6.07, 6.45) is -1.27. The molecule has 0 saturated carbocycles. The van der Waals surface area contributed by atoms with Gasteiger partial charge >= 0.3 is 6.18 Å². The Kier molecular flexibility index (Phi) is 4.18. The van der Waals surface area contributed by atoms with E-state index in [2.05, 4.69) is 20.2 Å². The number of aromatic nitrogens is 2. The highest BCUT2D eigenvalue weighted by molar-refractivity contribution is 4.93. The maximum Gasteiger partial charge on any atom is 0.411 e. The van der Waals surface area contributed by atoms with Crippen molar-refractivity contribution in [2.24, 2.45) is 0 Å². The van der Waals surface area contributed by atoms with Crippen LogP contribution in [-0.4, -0.2) is 29.5 Å². The molecule has 1 saturated heterocycles. The van der Waals surface area contributed by atoms with Crippen molar-refractivity contribution in [1.29, 1.82) is 0 Å². The normalized spacial score (nSPS) is 21.2. The summed E-state index contributed by atoms with van der Waals surface area (Å²) in [7, 11) is 0. The van der Waals surface area contributed by atoms with Crippen LogP contribution in [0.25, 0.3) is 0 Å². The van der Waals surface area contributed by atoms with E-state index < -0.39 is 12.8 Å². The molecule has 1 aromatic rings. The van der Waals surface area contributed by atoms with Gasteiger partial charge in [0.15, 0.2) is 5.82 Å². The highest BCUT2D eigenvalue weighted by atomic mass is 19.4. The average Bonchev–Trinajstić information content (AvgIpc) is 2.77. The Morgan fingerprint density at radius 2 is 2.22 bits per heavy atom. The lowest BCUT2D eigenvalue weighted by molar-refractivity contribution is -0.177. The largest absolute Gasteiger partial charge is 0.411 e. The number of halogens is 3. The molecule has 0 amide bonds. The molecule has 1 atom stereocenters. The standard InChI is InChI=1S/C10H14F3N3O2/c11-10(12,13)6-17-5-8-15-9(18-16-8)7-3-1-2-4-14-7/h7,14H,1-6H2/t7-/m1/s1. The van der Waals surface area contributed by atoms with Gasteiger partial charge in [-0.1, -0.05) is 11.6 Å². The summed E-state index contributed by atoms with van der Waals surface area (Å²) in [4.78, 5) is 4.02. The van der Waals surface area contributed by atoms with Crippen LogP contribution >= 0.6 is 0 Å². The van der Waals surface area contributed by atoms with E-state index in [1.165, 1.54) is 0 Å². The molecule has 1 aliphatic rings. The Hall–Kier alpha value is -1.15. The van der Waals surface area contributed by atoms with E-state index in [0.29, 0.717) is 5.89 Å². The Labute approximate surface area is 102 Å². The first-order valence-corrected chi connectivity index (χ1v) is 5.75. The molecule has 0 radical (unpaired) electrons. The molecule has 18 heavy (non-hydrogen) atoms. The molecular weight excluding hydrogens is 251 g/mol. The third-order valence-electron chi connectivity index (χ3n) is 2.59. The topological polar surface area (TPSA) is 60.2 Å². The van der Waals surface area contributed by atoms with Crippen LogP contribution in [-0.2, 0) is 11.3 Å². The third kappa shape index (κ3) is 3.95. The maximum atomic E-state index is 11.9. The summed E-state index contributed by atoms with van der Waals surface area (Å²) in [5.74, 6) is 0.557. The minimum absolute atomic E-state index is 0.00242. The lowest BCUT2D eigenvalue weighted by Gasteiger charge is -2.19. The molecule has 0 aromatic carbocycles. The van der Waals surface area contributed by atoms with Crippen molar-refractivity contribution < 1.29 is 22.4 Å². The number of nitrogens with one attached hydrogen (secondary N) is 1. The fourth-order valence-electron chi connectivity index (χ4n) is 1.79. The fourth-order valence-corrected chi connectivity index (χ4v) is 1.79. The minimum atomic E-state index is -4.34. The number of piperidine rings is 1. The summed E-state index contributed by atoms with van der Waals surface area (Å²) in [6, 6.07) is 0.00242. The highest BCUT2D eigenvalue weighted by Crippen LogP contribution is 2.21. The first-order valence-electron chi connectivity index (χ1n) is 5.75. The van der Waals surface area contributed by atoms with Crippen molar-refractivity contribution >= 4 is 0 Å². The van der Waals surface area contributed by atoms with E-state index >= 15 is 0 Å². The van der Waals surface area contributed by atoms with E-state index in [1.54, 1.807) is 0 Å². The van der Waals surface area contributed by atoms with Crippen molar-refractivity contribution in [2.45, 2.75) is 38.1 Å². The molecule has 102 valence electrons. The van der Waals surface area contributed by atoms with Crippen LogP contribution in [0, 0.1) is 0 Å². The smallest absolute Gasteiger partial charge is 0.364 e. The van der Waals surface area contributed by atoms with Gasteiger partial charge in [0, 0.05) is 0 Å². The number of hydrogen-bond donors (Lipinski definition) is 1. The molecule has 0 aliphatic carbocycles. The summed E-state index contributed by atoms with van der Waals surface area (Å²) in [5.41, 5.74) is 0. The molecule has 8 heteroatoms. The van der Waals surface area contributed by atoms with E-state index in [-0.39, 0.29) is 18.5 Å². The lowest BCUT2D eigenvalue weighted by atomic mass is 10.1. The molecule has 1 aliphatic heterocycles. The van der Waals surface area contributed by atoms with Crippen LogP contribution in [0.3, 0.4) is 0 Å². The Balaban J connectivity index is 1.82. The average molecular weight is 265 g/mol. The predicted octanol–water partition coefficient (Wildman–Crippen LogP) is 1.96. The van der Waals surface area contributed by atoms with Crippen molar-refractivity contribution in [1.82, 2.24) is 15.5 Å². The van der Waals surface area contributed by atoms with E-state index in [1.807, 2.05) is 0 Å². The summed E-state index contributed by atoms with van der Waals surface area (Å²) < 4.78 is 45.0. The maximum absolute atomic E-state index is 11.9. The second-order valence-corrected chi connectivity index (χ2v) is 4.16. The lowest BCUT2D eigenvalue weighted by Crippen LogP contribution is -2.27. The van der Waals surface area contributed by atoms with Gasteiger partial charge < -0.3 is 14.6 Å².